The highest BCUT2D eigenvalue weighted by Crippen LogP contribution is 2.20. The van der Waals surface area contributed by atoms with Crippen molar-refractivity contribution in [1.29, 1.82) is 0 Å². The van der Waals surface area contributed by atoms with Crippen LogP contribution >= 0.6 is 0 Å². The highest BCUT2D eigenvalue weighted by molar-refractivity contribution is 5.81. The summed E-state index contributed by atoms with van der Waals surface area (Å²) in [5.74, 6) is 0. The zero-order valence-electron chi connectivity index (χ0n) is 16.5. The van der Waals surface area contributed by atoms with Gasteiger partial charge in [-0.05, 0) is 66.0 Å². The molecule has 3 rings (SSSR count). The maximum Gasteiger partial charge on any atom is 0.0483 e. The first kappa shape index (κ1) is 18.8. The fourth-order valence-corrected chi connectivity index (χ4v) is 3.71. The predicted molar refractivity (Wildman–Crippen MR) is 114 cm³/mol. The van der Waals surface area contributed by atoms with Crippen LogP contribution in [0.25, 0.3) is 10.9 Å². The Balaban J connectivity index is 1.65. The molecule has 26 heavy (non-hydrogen) atoms. The fraction of sp³-hybridized carbons (Fsp3) is 0.440. The summed E-state index contributed by atoms with van der Waals surface area (Å²) in [6.07, 6.45) is 12.5. The van der Waals surface area contributed by atoms with E-state index in [4.69, 9.17) is 0 Å². The molecule has 0 bridgehead atoms. The van der Waals surface area contributed by atoms with Crippen molar-refractivity contribution in [3.05, 3.63) is 71.4 Å². The van der Waals surface area contributed by atoms with E-state index in [1.54, 1.807) is 0 Å². The van der Waals surface area contributed by atoms with Gasteiger partial charge >= 0.3 is 0 Å². The third kappa shape index (κ3) is 5.00. The van der Waals surface area contributed by atoms with Gasteiger partial charge < -0.3 is 4.57 Å². The van der Waals surface area contributed by atoms with Crippen LogP contribution in [0.4, 0.5) is 0 Å². The van der Waals surface area contributed by atoms with Gasteiger partial charge in [-0.2, -0.15) is 0 Å². The van der Waals surface area contributed by atoms with Crippen LogP contribution in [0, 0.1) is 0 Å². The SMILES string of the molecule is CCCCCc1ccc(Cn2ccc3cc(CCCCC)ccc32)cc1. The van der Waals surface area contributed by atoms with Crippen molar-refractivity contribution in [2.75, 3.05) is 0 Å². The highest BCUT2D eigenvalue weighted by atomic mass is 14.9. The van der Waals surface area contributed by atoms with Crippen LogP contribution < -0.4 is 0 Å². The van der Waals surface area contributed by atoms with Gasteiger partial charge in [-0.3, -0.25) is 0 Å². The molecule has 1 nitrogen and oxygen atoms in total. The second-order valence-corrected chi connectivity index (χ2v) is 7.57. The highest BCUT2D eigenvalue weighted by Gasteiger charge is 2.04. The van der Waals surface area contributed by atoms with Crippen molar-refractivity contribution in [1.82, 2.24) is 4.57 Å². The first-order valence-electron chi connectivity index (χ1n) is 10.5. The second kappa shape index (κ2) is 9.62. The molecule has 3 aromatic rings. The van der Waals surface area contributed by atoms with Crippen molar-refractivity contribution in [3.8, 4) is 0 Å². The largest absolute Gasteiger partial charge is 0.343 e. The molecule has 0 unspecified atom stereocenters. The summed E-state index contributed by atoms with van der Waals surface area (Å²) < 4.78 is 2.37. The number of unbranched alkanes of at least 4 members (excludes halogenated alkanes) is 4. The van der Waals surface area contributed by atoms with Gasteiger partial charge in [0, 0.05) is 18.3 Å². The van der Waals surface area contributed by atoms with Gasteiger partial charge in [-0.25, -0.2) is 0 Å². The quantitative estimate of drug-likeness (QED) is 0.343. The maximum atomic E-state index is 2.37. The van der Waals surface area contributed by atoms with Crippen LogP contribution in [0.5, 0.6) is 0 Å². The minimum atomic E-state index is 0.952. The third-order valence-corrected chi connectivity index (χ3v) is 5.35. The van der Waals surface area contributed by atoms with Gasteiger partial charge in [0.1, 0.15) is 0 Å². The molecule has 0 aliphatic carbocycles. The molecule has 0 aliphatic heterocycles. The summed E-state index contributed by atoms with van der Waals surface area (Å²) in [6, 6.07) is 18.5. The lowest BCUT2D eigenvalue weighted by atomic mass is 10.0. The molecule has 0 amide bonds. The van der Waals surface area contributed by atoms with E-state index in [1.807, 2.05) is 0 Å². The van der Waals surface area contributed by atoms with Gasteiger partial charge in [0.05, 0.1) is 0 Å². The van der Waals surface area contributed by atoms with E-state index in [1.165, 1.54) is 79.0 Å². The van der Waals surface area contributed by atoms with Crippen molar-refractivity contribution in [2.24, 2.45) is 0 Å². The topological polar surface area (TPSA) is 4.93 Å². The van der Waals surface area contributed by atoms with Crippen LogP contribution in [0.1, 0.15) is 69.1 Å². The Labute approximate surface area is 159 Å². The lowest BCUT2D eigenvalue weighted by molar-refractivity contribution is 0.717. The van der Waals surface area contributed by atoms with Crippen LogP contribution in [0.3, 0.4) is 0 Å². The molecule has 1 aromatic heterocycles. The molecule has 1 heterocycles. The van der Waals surface area contributed by atoms with E-state index in [-0.39, 0.29) is 0 Å². The Morgan fingerprint density at radius 1 is 0.654 bits per heavy atom. The van der Waals surface area contributed by atoms with Crippen LogP contribution in [0.15, 0.2) is 54.7 Å². The third-order valence-electron chi connectivity index (χ3n) is 5.35. The van der Waals surface area contributed by atoms with Gasteiger partial charge in [0.15, 0.2) is 0 Å². The number of nitrogens with zero attached hydrogens (tertiary/aromatic N) is 1. The number of fused-ring (bicyclic) bond motifs is 1. The average Bonchev–Trinajstić information content (AvgIpc) is 3.06. The zero-order chi connectivity index (χ0) is 18.2. The zero-order valence-corrected chi connectivity index (χ0v) is 16.5. The summed E-state index contributed by atoms with van der Waals surface area (Å²) in [7, 11) is 0. The first-order valence-corrected chi connectivity index (χ1v) is 10.5. The number of aromatic nitrogens is 1. The molecular weight excluding hydrogens is 314 g/mol. The van der Waals surface area contributed by atoms with E-state index in [0.29, 0.717) is 0 Å². The number of aryl methyl sites for hydroxylation is 2. The monoisotopic (exact) mass is 347 g/mol. The Morgan fingerprint density at radius 3 is 1.96 bits per heavy atom. The molecule has 138 valence electrons. The van der Waals surface area contributed by atoms with E-state index >= 15 is 0 Å². The summed E-state index contributed by atoms with van der Waals surface area (Å²) in [6.45, 7) is 5.48. The Morgan fingerprint density at radius 2 is 1.27 bits per heavy atom. The van der Waals surface area contributed by atoms with Gasteiger partial charge in [-0.15, -0.1) is 0 Å². The molecule has 0 aliphatic rings. The lowest BCUT2D eigenvalue weighted by Crippen LogP contribution is -1.98. The summed E-state index contributed by atoms with van der Waals surface area (Å²) >= 11 is 0. The summed E-state index contributed by atoms with van der Waals surface area (Å²) in [5, 5.41) is 1.37. The molecule has 0 atom stereocenters. The molecule has 0 N–H and O–H groups in total. The first-order chi connectivity index (χ1) is 12.8. The van der Waals surface area contributed by atoms with Crippen molar-refractivity contribution < 1.29 is 0 Å². The molecule has 0 saturated carbocycles. The standard InChI is InChI=1S/C25H33N/c1-3-5-7-9-21-11-13-23(14-12-21)20-26-18-17-24-19-22(10-8-6-4-2)15-16-25(24)26/h11-19H,3-10,20H2,1-2H3. The Bertz CT molecular complexity index is 795. The van der Waals surface area contributed by atoms with Gasteiger partial charge in [0.2, 0.25) is 0 Å². The van der Waals surface area contributed by atoms with Crippen LogP contribution in [-0.2, 0) is 19.4 Å². The molecule has 0 spiro atoms. The second-order valence-electron chi connectivity index (χ2n) is 7.57. The predicted octanol–water partition coefficient (Wildman–Crippen LogP) is 7.16. The Hall–Kier alpha value is -2.02. The lowest BCUT2D eigenvalue weighted by Gasteiger charge is -2.08. The number of rotatable bonds is 10. The summed E-state index contributed by atoms with van der Waals surface area (Å²) in [5.41, 5.74) is 5.67. The number of hydrogen-bond donors (Lipinski definition) is 0. The molecule has 0 fully saturated rings. The van der Waals surface area contributed by atoms with Crippen LogP contribution in [-0.4, -0.2) is 4.57 Å². The molecule has 1 heteroatoms. The minimum absolute atomic E-state index is 0.952. The number of hydrogen-bond acceptors (Lipinski definition) is 0. The molecular formula is C25H33N. The van der Waals surface area contributed by atoms with Crippen molar-refractivity contribution >= 4 is 10.9 Å². The Kier molecular flexibility index (Phi) is 6.94. The smallest absolute Gasteiger partial charge is 0.0483 e. The number of benzene rings is 2. The maximum absolute atomic E-state index is 2.37. The van der Waals surface area contributed by atoms with E-state index in [2.05, 4.69) is 73.1 Å². The van der Waals surface area contributed by atoms with E-state index in [0.717, 1.165) is 6.54 Å². The van der Waals surface area contributed by atoms with Crippen molar-refractivity contribution in [3.63, 3.8) is 0 Å². The van der Waals surface area contributed by atoms with Crippen LogP contribution in [0.2, 0.25) is 0 Å². The fourth-order valence-electron chi connectivity index (χ4n) is 3.71. The van der Waals surface area contributed by atoms with Gasteiger partial charge in [-0.1, -0.05) is 69.9 Å². The normalized spacial score (nSPS) is 11.3. The van der Waals surface area contributed by atoms with E-state index < -0.39 is 0 Å². The van der Waals surface area contributed by atoms with Gasteiger partial charge in [0.25, 0.3) is 0 Å². The molecule has 2 aromatic carbocycles. The molecule has 0 saturated heterocycles. The van der Waals surface area contributed by atoms with E-state index in [9.17, 15) is 0 Å². The average molecular weight is 348 g/mol. The molecule has 0 radical (unpaired) electrons. The van der Waals surface area contributed by atoms with Crippen molar-refractivity contribution in [2.45, 2.75) is 71.8 Å². The summed E-state index contributed by atoms with van der Waals surface area (Å²) in [4.78, 5) is 0. The minimum Gasteiger partial charge on any atom is -0.343 e.